The molecule has 2 rings (SSSR count). The van der Waals surface area contributed by atoms with Gasteiger partial charge in [-0.2, -0.15) is 0 Å². The molecule has 0 aliphatic heterocycles. The molecule has 0 saturated carbocycles. The van der Waals surface area contributed by atoms with Crippen molar-refractivity contribution in [1.29, 1.82) is 10.5 Å². The Labute approximate surface area is 140 Å². The summed E-state index contributed by atoms with van der Waals surface area (Å²) in [5, 5.41) is 16.9. The zero-order valence-corrected chi connectivity index (χ0v) is 14.3. The van der Waals surface area contributed by atoms with Crippen molar-refractivity contribution in [3.05, 3.63) is 59.7 Å². The Kier molecular flexibility index (Phi) is 6.57. The Morgan fingerprint density at radius 2 is 1.10 bits per heavy atom. The second kappa shape index (κ2) is 8.18. The minimum absolute atomic E-state index is 0. The monoisotopic (exact) mass is 384 g/mol. The largest absolute Gasteiger partial charge is 0.388 e. The van der Waals surface area contributed by atoms with E-state index in [0.717, 1.165) is 11.1 Å². The smallest absolute Gasteiger partial charge is 0.292 e. The number of benzene rings is 2. The van der Waals surface area contributed by atoms with E-state index in [-0.39, 0.29) is 29.8 Å². The normalized spacial score (nSPS) is 9.14. The Morgan fingerprint density at radius 3 is 1.38 bits per heavy atom. The first-order chi connectivity index (χ1) is 9.74. The van der Waals surface area contributed by atoms with Crippen molar-refractivity contribution in [2.75, 3.05) is 0 Å². The van der Waals surface area contributed by atoms with E-state index in [0.29, 0.717) is 11.5 Å². The van der Waals surface area contributed by atoms with Gasteiger partial charge in [-0.25, -0.2) is 0 Å². The second-order valence-corrected chi connectivity index (χ2v) is 4.25. The van der Waals surface area contributed by atoms with Gasteiger partial charge < -0.3 is 9.47 Å². The van der Waals surface area contributed by atoms with Crippen LogP contribution in [0.4, 0.5) is 0 Å². The van der Waals surface area contributed by atoms with E-state index in [4.69, 9.17) is 20.0 Å². The predicted molar refractivity (Wildman–Crippen MR) is 78.6 cm³/mol. The number of nitriles is 2. The molecule has 0 spiro atoms. The van der Waals surface area contributed by atoms with Crippen LogP contribution in [0.2, 0.25) is 0 Å². The molecule has 2 aromatic rings. The maximum Gasteiger partial charge on any atom is 0.292 e. The molecule has 0 aromatic heterocycles. The molecule has 0 N–H and O–H groups in total. The van der Waals surface area contributed by atoms with Crippen LogP contribution in [0.15, 0.2) is 48.5 Å². The van der Waals surface area contributed by atoms with Crippen molar-refractivity contribution < 1.29 is 9.47 Å². The number of rotatable bonds is 4. The topological polar surface area (TPSA) is 66.0 Å². The Bertz CT molecular complexity index is 595. The van der Waals surface area contributed by atoms with Gasteiger partial charge in [-0.05, 0) is 35.4 Å². The van der Waals surface area contributed by atoms with E-state index in [1.54, 1.807) is 36.8 Å². The van der Waals surface area contributed by atoms with E-state index in [1.807, 2.05) is 24.3 Å². The van der Waals surface area contributed by atoms with Crippen molar-refractivity contribution in [3.63, 3.8) is 0 Å². The molecule has 4 nitrogen and oxygen atoms in total. The van der Waals surface area contributed by atoms with E-state index < -0.39 is 0 Å². The summed E-state index contributed by atoms with van der Waals surface area (Å²) in [5.74, 6) is 1.25. The van der Waals surface area contributed by atoms with Crippen LogP contribution in [0.5, 0.6) is 11.5 Å². The molecule has 0 saturated heterocycles. The minimum atomic E-state index is 0. The summed E-state index contributed by atoms with van der Waals surface area (Å²) in [7, 11) is 0. The summed E-state index contributed by atoms with van der Waals surface area (Å²) in [5.41, 5.74) is 2.23. The van der Waals surface area contributed by atoms with Crippen LogP contribution in [0.25, 0.3) is 0 Å². The van der Waals surface area contributed by atoms with E-state index in [9.17, 15) is 0 Å². The molecule has 0 amide bonds. The van der Waals surface area contributed by atoms with Gasteiger partial charge in [-0.3, -0.25) is 0 Å². The molecule has 0 unspecified atom stereocenters. The number of hydrogen-bond acceptors (Lipinski definition) is 4. The fraction of sp³-hybridized carbons (Fsp3) is 0.125. The van der Waals surface area contributed by atoms with E-state index >= 15 is 0 Å². The van der Waals surface area contributed by atoms with Crippen LogP contribution in [-0.4, -0.2) is 23.9 Å². The van der Waals surface area contributed by atoms with Crippen molar-refractivity contribution in [2.45, 2.75) is 12.8 Å². The molecule has 0 bridgehead atoms. The molecule has 0 fully saturated rings. The van der Waals surface area contributed by atoms with Crippen LogP contribution in [0.1, 0.15) is 24.0 Å². The van der Waals surface area contributed by atoms with E-state index in [1.165, 1.54) is 0 Å². The van der Waals surface area contributed by atoms with Crippen LogP contribution in [0, 0.1) is 23.0 Å². The summed E-state index contributed by atoms with van der Waals surface area (Å²) >= 11 is 0. The third-order valence-electron chi connectivity index (χ3n) is 3.09. The molecule has 0 aliphatic carbocycles. The molecule has 21 heavy (non-hydrogen) atoms. The molecule has 0 atom stereocenters. The van der Waals surface area contributed by atoms with Crippen molar-refractivity contribution >= 4 is 23.9 Å². The average molecular weight is 383 g/mol. The summed E-state index contributed by atoms with van der Waals surface area (Å²) in [6.07, 6.45) is 3.28. The minimum Gasteiger partial charge on any atom is -0.388 e. The zero-order chi connectivity index (χ0) is 14.4. The fourth-order valence-corrected chi connectivity index (χ4v) is 1.95. The Balaban J connectivity index is 0.00000220. The molecular formula is C16H12N2O2Sn. The summed E-state index contributed by atoms with van der Waals surface area (Å²) in [6.45, 7) is 2.08. The zero-order valence-electron chi connectivity index (χ0n) is 11.4. The molecule has 2 aromatic carbocycles. The Hall–Kier alpha value is -2.18. The van der Waals surface area contributed by atoms with Gasteiger partial charge in [0, 0.05) is 29.8 Å². The van der Waals surface area contributed by atoms with Gasteiger partial charge in [0.2, 0.25) is 0 Å². The summed E-state index contributed by atoms with van der Waals surface area (Å²) in [6, 6.07) is 14.8. The van der Waals surface area contributed by atoms with Crippen molar-refractivity contribution in [2.24, 2.45) is 0 Å². The first-order valence-electron chi connectivity index (χ1n) is 6.06. The molecule has 102 valence electrons. The van der Waals surface area contributed by atoms with E-state index in [2.05, 4.69) is 6.92 Å². The van der Waals surface area contributed by atoms with Crippen molar-refractivity contribution in [3.8, 4) is 24.0 Å². The molecule has 5 heteroatoms. The van der Waals surface area contributed by atoms with Crippen LogP contribution >= 0.6 is 0 Å². The molecule has 0 heterocycles. The van der Waals surface area contributed by atoms with Crippen LogP contribution < -0.4 is 9.47 Å². The van der Waals surface area contributed by atoms with Gasteiger partial charge >= 0.3 is 0 Å². The summed E-state index contributed by atoms with van der Waals surface area (Å²) < 4.78 is 9.49. The quantitative estimate of drug-likeness (QED) is 0.601. The number of hydrogen-bond donors (Lipinski definition) is 0. The van der Waals surface area contributed by atoms with Gasteiger partial charge in [0.05, 0.1) is 0 Å². The first-order valence-corrected chi connectivity index (χ1v) is 6.06. The van der Waals surface area contributed by atoms with Gasteiger partial charge in [-0.1, -0.05) is 31.2 Å². The number of ether oxygens (including phenoxy) is 2. The van der Waals surface area contributed by atoms with Gasteiger partial charge in [0.15, 0.2) is 0 Å². The fourth-order valence-electron chi connectivity index (χ4n) is 1.95. The summed E-state index contributed by atoms with van der Waals surface area (Å²) in [4.78, 5) is 0. The number of nitrogens with zero attached hydrogens (tertiary/aromatic N) is 2. The van der Waals surface area contributed by atoms with Crippen LogP contribution in [-0.2, 0) is 0 Å². The maximum absolute atomic E-state index is 8.44. The molecule has 0 aliphatic rings. The second-order valence-electron chi connectivity index (χ2n) is 4.25. The Morgan fingerprint density at radius 1 is 0.762 bits per heavy atom. The standard InChI is InChI=1S/C16H12N2O2.Sn/c1-12(13-2-6-15(7-3-13)19-10-17)14-4-8-16(9-5-14)20-11-18;/h2-9,12H,1H3;. The molecule has 4 radical (unpaired) electrons. The molecular weight excluding hydrogens is 371 g/mol. The van der Waals surface area contributed by atoms with Gasteiger partial charge in [0.1, 0.15) is 11.5 Å². The van der Waals surface area contributed by atoms with Crippen molar-refractivity contribution in [1.82, 2.24) is 0 Å². The average Bonchev–Trinajstić information content (AvgIpc) is 2.49. The van der Waals surface area contributed by atoms with Crippen LogP contribution in [0.3, 0.4) is 0 Å². The SMILES string of the molecule is CC(c1ccc(OC#N)cc1)c1ccc(OC#N)cc1.[Sn]. The van der Waals surface area contributed by atoms with Gasteiger partial charge in [0.25, 0.3) is 12.5 Å². The first kappa shape index (κ1) is 16.9. The third-order valence-corrected chi connectivity index (χ3v) is 3.09. The van der Waals surface area contributed by atoms with Gasteiger partial charge in [-0.15, -0.1) is 10.5 Å². The third kappa shape index (κ3) is 4.40. The maximum atomic E-state index is 8.44. The predicted octanol–water partition coefficient (Wildman–Crippen LogP) is 3.18.